The van der Waals surface area contributed by atoms with E-state index in [4.69, 9.17) is 21.0 Å². The fraction of sp³-hybridized carbons (Fsp3) is 0.429. The van der Waals surface area contributed by atoms with Gasteiger partial charge in [-0.1, -0.05) is 0 Å². The van der Waals surface area contributed by atoms with Crippen LogP contribution < -0.4 is 10.6 Å². The highest BCUT2D eigenvalue weighted by Crippen LogP contribution is 2.15. The molecule has 0 radical (unpaired) electrons. The fourth-order valence-electron chi connectivity index (χ4n) is 2.24. The molecule has 0 aromatic heterocycles. The number of hydrogen-bond donors (Lipinski definition) is 3. The third-order valence-corrected chi connectivity index (χ3v) is 3.46. The zero-order valence-electron chi connectivity index (χ0n) is 11.8. The van der Waals surface area contributed by atoms with Crippen molar-refractivity contribution in [3.05, 3.63) is 29.8 Å². The van der Waals surface area contributed by atoms with E-state index in [0.717, 1.165) is 38.5 Å². The van der Waals surface area contributed by atoms with Crippen molar-refractivity contribution in [3.8, 4) is 0 Å². The van der Waals surface area contributed by atoms with Crippen molar-refractivity contribution < 1.29 is 14.6 Å². The zero-order chi connectivity index (χ0) is 15.2. The zero-order valence-corrected chi connectivity index (χ0v) is 11.8. The predicted molar refractivity (Wildman–Crippen MR) is 79.9 cm³/mol. The summed E-state index contributed by atoms with van der Waals surface area (Å²) < 4.78 is 5.30. The molecule has 4 N–H and O–H groups in total. The average Bonchev–Trinajstić information content (AvgIpc) is 2.48. The molecular weight excluding hydrogens is 272 g/mol. The van der Waals surface area contributed by atoms with Gasteiger partial charge in [-0.15, -0.1) is 0 Å². The molecule has 21 heavy (non-hydrogen) atoms. The van der Waals surface area contributed by atoms with Gasteiger partial charge in [-0.3, -0.25) is 10.3 Å². The van der Waals surface area contributed by atoms with E-state index in [0.29, 0.717) is 6.54 Å². The van der Waals surface area contributed by atoms with Crippen molar-refractivity contribution in [2.45, 2.75) is 0 Å². The molecular formula is C14H20N4O3. The Labute approximate surface area is 123 Å². The van der Waals surface area contributed by atoms with Gasteiger partial charge in [-0.25, -0.2) is 4.79 Å². The van der Waals surface area contributed by atoms with E-state index >= 15 is 0 Å². The minimum Gasteiger partial charge on any atom is -0.478 e. The maximum Gasteiger partial charge on any atom is 0.335 e. The largest absolute Gasteiger partial charge is 0.478 e. The molecule has 0 amide bonds. The Balaban J connectivity index is 2.00. The van der Waals surface area contributed by atoms with Crippen LogP contribution in [0.3, 0.4) is 0 Å². The Hall–Kier alpha value is -2.12. The number of nitrogens with two attached hydrogens (primary N) is 1. The fourth-order valence-corrected chi connectivity index (χ4v) is 2.24. The summed E-state index contributed by atoms with van der Waals surface area (Å²) in [5.41, 5.74) is 6.57. The van der Waals surface area contributed by atoms with Gasteiger partial charge in [-0.2, -0.15) is 0 Å². The van der Waals surface area contributed by atoms with Crippen LogP contribution in [-0.2, 0) is 4.74 Å². The van der Waals surface area contributed by atoms with Crippen LogP contribution in [0.15, 0.2) is 24.3 Å². The number of carbonyl (C=O) groups is 1. The van der Waals surface area contributed by atoms with Crippen LogP contribution in [0, 0.1) is 5.41 Å². The number of guanidine groups is 1. The Bertz CT molecular complexity index is 497. The maximum atomic E-state index is 10.8. The van der Waals surface area contributed by atoms with Gasteiger partial charge >= 0.3 is 5.97 Å². The second kappa shape index (κ2) is 7.05. The third-order valence-electron chi connectivity index (χ3n) is 3.46. The topological polar surface area (TPSA) is 103 Å². The number of aromatic carboxylic acids is 1. The first-order valence-electron chi connectivity index (χ1n) is 6.83. The monoisotopic (exact) mass is 292 g/mol. The Morgan fingerprint density at radius 1 is 1.33 bits per heavy atom. The van der Waals surface area contributed by atoms with Gasteiger partial charge in [0.1, 0.15) is 0 Å². The van der Waals surface area contributed by atoms with Crippen LogP contribution in [0.1, 0.15) is 10.4 Å². The quantitative estimate of drug-likeness (QED) is 0.537. The lowest BCUT2D eigenvalue weighted by molar-refractivity contribution is 0.0394. The molecule has 2 rings (SSSR count). The number of carboxylic acid groups (broad SMARTS) is 1. The molecule has 0 unspecified atom stereocenters. The van der Waals surface area contributed by atoms with Crippen LogP contribution in [0.4, 0.5) is 5.69 Å². The summed E-state index contributed by atoms with van der Waals surface area (Å²) in [6.07, 6.45) is 0. The lowest BCUT2D eigenvalue weighted by Gasteiger charge is -2.30. The van der Waals surface area contributed by atoms with E-state index < -0.39 is 5.97 Å². The minimum atomic E-state index is -0.968. The highest BCUT2D eigenvalue weighted by atomic mass is 16.5. The number of ether oxygens (including phenoxy) is 1. The Morgan fingerprint density at radius 2 is 1.95 bits per heavy atom. The van der Waals surface area contributed by atoms with Gasteiger partial charge < -0.3 is 20.5 Å². The SMILES string of the molecule is N=C(N)N(CCN1CCOCC1)c1ccc(C(=O)O)cc1. The van der Waals surface area contributed by atoms with Crippen LogP contribution in [0.5, 0.6) is 0 Å². The average molecular weight is 292 g/mol. The van der Waals surface area contributed by atoms with Crippen LogP contribution in [0.25, 0.3) is 0 Å². The Kier molecular flexibility index (Phi) is 5.13. The van der Waals surface area contributed by atoms with Crippen molar-refractivity contribution in [3.63, 3.8) is 0 Å². The first kappa shape index (κ1) is 15.3. The molecule has 1 aliphatic rings. The standard InChI is InChI=1S/C14H20N4O3/c15-14(16)18(6-5-17-7-9-21-10-8-17)12-3-1-11(2-4-12)13(19)20/h1-4H,5-10H2,(H3,15,16)(H,19,20). The summed E-state index contributed by atoms with van der Waals surface area (Å²) in [5, 5.41) is 16.6. The third kappa shape index (κ3) is 4.17. The summed E-state index contributed by atoms with van der Waals surface area (Å²) in [6.45, 7) is 4.58. The number of morpholine rings is 1. The normalized spacial score (nSPS) is 15.6. The van der Waals surface area contributed by atoms with E-state index in [9.17, 15) is 4.79 Å². The number of anilines is 1. The van der Waals surface area contributed by atoms with Gasteiger partial charge in [0.05, 0.1) is 18.8 Å². The van der Waals surface area contributed by atoms with Crippen molar-refractivity contribution in [2.75, 3.05) is 44.3 Å². The summed E-state index contributed by atoms with van der Waals surface area (Å²) >= 11 is 0. The molecule has 1 fully saturated rings. The van der Waals surface area contributed by atoms with E-state index in [-0.39, 0.29) is 11.5 Å². The number of nitrogens with zero attached hydrogens (tertiary/aromatic N) is 2. The van der Waals surface area contributed by atoms with Gasteiger partial charge in [0.2, 0.25) is 0 Å². The highest BCUT2D eigenvalue weighted by Gasteiger charge is 2.15. The predicted octanol–water partition coefficient (Wildman–Crippen LogP) is 0.417. The van der Waals surface area contributed by atoms with E-state index in [1.165, 1.54) is 12.1 Å². The molecule has 7 heteroatoms. The molecule has 0 spiro atoms. The second-order valence-electron chi connectivity index (χ2n) is 4.84. The van der Waals surface area contributed by atoms with Crippen LogP contribution in [-0.4, -0.2) is 61.3 Å². The summed E-state index contributed by atoms with van der Waals surface area (Å²) in [6, 6.07) is 6.37. The van der Waals surface area contributed by atoms with Gasteiger partial charge in [0.15, 0.2) is 5.96 Å². The number of nitrogens with one attached hydrogen (secondary N) is 1. The molecule has 1 aromatic rings. The van der Waals surface area contributed by atoms with Crippen molar-refractivity contribution in [1.82, 2.24) is 4.90 Å². The molecule has 1 aliphatic heterocycles. The van der Waals surface area contributed by atoms with Crippen LogP contribution >= 0.6 is 0 Å². The second-order valence-corrected chi connectivity index (χ2v) is 4.84. The summed E-state index contributed by atoms with van der Waals surface area (Å²) in [4.78, 5) is 14.8. The van der Waals surface area contributed by atoms with Gasteiger partial charge in [0, 0.05) is 31.9 Å². The molecule has 1 aromatic carbocycles. The van der Waals surface area contributed by atoms with Crippen molar-refractivity contribution >= 4 is 17.6 Å². The molecule has 1 heterocycles. The number of rotatable bonds is 5. The molecule has 0 bridgehead atoms. The van der Waals surface area contributed by atoms with E-state index in [1.807, 2.05) is 0 Å². The summed E-state index contributed by atoms with van der Waals surface area (Å²) in [5.74, 6) is -1.02. The molecule has 114 valence electrons. The minimum absolute atomic E-state index is 0.0497. The van der Waals surface area contributed by atoms with E-state index in [2.05, 4.69) is 4.90 Å². The molecule has 1 saturated heterocycles. The molecule has 7 nitrogen and oxygen atoms in total. The number of hydrogen-bond acceptors (Lipinski definition) is 4. The van der Waals surface area contributed by atoms with Crippen molar-refractivity contribution in [1.29, 1.82) is 5.41 Å². The summed E-state index contributed by atoms with van der Waals surface area (Å²) in [7, 11) is 0. The van der Waals surface area contributed by atoms with Gasteiger partial charge in [0.25, 0.3) is 0 Å². The Morgan fingerprint density at radius 3 is 2.48 bits per heavy atom. The molecule has 0 aliphatic carbocycles. The lowest BCUT2D eigenvalue weighted by Crippen LogP contribution is -2.45. The first-order valence-corrected chi connectivity index (χ1v) is 6.83. The first-order chi connectivity index (χ1) is 10.1. The van der Waals surface area contributed by atoms with E-state index in [1.54, 1.807) is 17.0 Å². The molecule has 0 atom stereocenters. The number of carboxylic acids is 1. The lowest BCUT2D eigenvalue weighted by atomic mass is 10.2. The number of benzene rings is 1. The smallest absolute Gasteiger partial charge is 0.335 e. The molecule has 0 saturated carbocycles. The van der Waals surface area contributed by atoms with Crippen LogP contribution in [0.2, 0.25) is 0 Å². The maximum absolute atomic E-state index is 10.8. The van der Waals surface area contributed by atoms with Crippen molar-refractivity contribution in [2.24, 2.45) is 5.73 Å². The van der Waals surface area contributed by atoms with Gasteiger partial charge in [-0.05, 0) is 24.3 Å². The highest BCUT2D eigenvalue weighted by molar-refractivity contribution is 5.93.